The van der Waals surface area contributed by atoms with Crippen molar-refractivity contribution in [3.8, 4) is 0 Å². The number of Topliss-reactive ketones (excluding diaryl/α,β-unsaturated/α-hetero) is 1. The van der Waals surface area contributed by atoms with Crippen LogP contribution in [0.1, 0.15) is 20.3 Å². The Hall–Kier alpha value is -0.900. The summed E-state index contributed by atoms with van der Waals surface area (Å²) in [6, 6.07) is 0. The fourth-order valence-corrected chi connectivity index (χ4v) is 0.524. The monoisotopic (exact) mass is 174 g/mol. The second-order valence-electron chi connectivity index (χ2n) is 2.49. The molecule has 0 heterocycles. The molecule has 0 rings (SSSR count). The quantitative estimate of drug-likeness (QED) is 0.571. The number of hydrogen-bond acceptors (Lipinski definition) is 4. The summed E-state index contributed by atoms with van der Waals surface area (Å²) in [5.41, 5.74) is 0. The number of rotatable bonds is 5. The van der Waals surface area contributed by atoms with E-state index < -0.39 is 12.1 Å². The van der Waals surface area contributed by atoms with Crippen LogP contribution in [-0.2, 0) is 19.1 Å². The second-order valence-corrected chi connectivity index (χ2v) is 2.49. The van der Waals surface area contributed by atoms with E-state index in [1.165, 1.54) is 14.0 Å². The van der Waals surface area contributed by atoms with E-state index in [1.807, 2.05) is 0 Å². The third-order valence-corrected chi connectivity index (χ3v) is 1.39. The standard InChI is InChI=1S/C8H14O4/c1-6(9)7(2)12-8(10)4-5-11-3/h7H,4-5H2,1-3H3/t7-/m1/s1. The lowest BCUT2D eigenvalue weighted by Gasteiger charge is -2.08. The van der Waals surface area contributed by atoms with Gasteiger partial charge in [0.15, 0.2) is 11.9 Å². The van der Waals surface area contributed by atoms with Gasteiger partial charge in [0.25, 0.3) is 0 Å². The predicted molar refractivity (Wildman–Crippen MR) is 42.7 cm³/mol. The van der Waals surface area contributed by atoms with E-state index in [0.29, 0.717) is 6.61 Å². The molecule has 0 fully saturated rings. The van der Waals surface area contributed by atoms with E-state index in [4.69, 9.17) is 4.74 Å². The number of methoxy groups -OCH3 is 1. The predicted octanol–water partition coefficient (Wildman–Crippen LogP) is 0.544. The van der Waals surface area contributed by atoms with Crippen molar-refractivity contribution in [2.75, 3.05) is 13.7 Å². The number of esters is 1. The molecule has 0 N–H and O–H groups in total. The summed E-state index contributed by atoms with van der Waals surface area (Å²) in [7, 11) is 1.50. The number of ether oxygens (including phenoxy) is 2. The smallest absolute Gasteiger partial charge is 0.308 e. The van der Waals surface area contributed by atoms with Crippen molar-refractivity contribution in [1.29, 1.82) is 0 Å². The fraction of sp³-hybridized carbons (Fsp3) is 0.750. The van der Waals surface area contributed by atoms with Crippen LogP contribution in [0, 0.1) is 0 Å². The van der Waals surface area contributed by atoms with Crippen LogP contribution in [-0.4, -0.2) is 31.6 Å². The Morgan fingerprint density at radius 2 is 2.00 bits per heavy atom. The van der Waals surface area contributed by atoms with E-state index in [-0.39, 0.29) is 12.2 Å². The van der Waals surface area contributed by atoms with Crippen molar-refractivity contribution in [2.45, 2.75) is 26.4 Å². The molecule has 70 valence electrons. The lowest BCUT2D eigenvalue weighted by Crippen LogP contribution is -2.22. The van der Waals surface area contributed by atoms with Gasteiger partial charge in [0.1, 0.15) is 0 Å². The van der Waals surface area contributed by atoms with Crippen LogP contribution in [0.3, 0.4) is 0 Å². The molecule has 4 heteroatoms. The summed E-state index contributed by atoms with van der Waals surface area (Å²) in [6.45, 7) is 3.25. The van der Waals surface area contributed by atoms with Crippen molar-refractivity contribution in [1.82, 2.24) is 0 Å². The zero-order chi connectivity index (χ0) is 9.56. The molecule has 12 heavy (non-hydrogen) atoms. The summed E-state index contributed by atoms with van der Waals surface area (Å²) in [5, 5.41) is 0. The first-order valence-corrected chi connectivity index (χ1v) is 3.76. The minimum Gasteiger partial charge on any atom is -0.455 e. The van der Waals surface area contributed by atoms with Crippen LogP contribution < -0.4 is 0 Å². The molecule has 0 bridgehead atoms. The highest BCUT2D eigenvalue weighted by Gasteiger charge is 2.12. The summed E-state index contributed by atoms with van der Waals surface area (Å²) in [6.07, 6.45) is -0.456. The summed E-state index contributed by atoms with van der Waals surface area (Å²) in [4.78, 5) is 21.5. The molecule has 0 saturated heterocycles. The van der Waals surface area contributed by atoms with Crippen molar-refractivity contribution in [3.05, 3.63) is 0 Å². The summed E-state index contributed by atoms with van der Waals surface area (Å²) < 4.78 is 9.41. The number of ketones is 1. The van der Waals surface area contributed by atoms with Gasteiger partial charge in [-0.1, -0.05) is 0 Å². The van der Waals surface area contributed by atoms with Gasteiger partial charge in [0.2, 0.25) is 0 Å². The number of hydrogen-bond donors (Lipinski definition) is 0. The van der Waals surface area contributed by atoms with Crippen LogP contribution in [0.2, 0.25) is 0 Å². The van der Waals surface area contributed by atoms with Gasteiger partial charge in [-0.2, -0.15) is 0 Å². The van der Waals surface area contributed by atoms with Crippen LogP contribution in [0.4, 0.5) is 0 Å². The van der Waals surface area contributed by atoms with Crippen molar-refractivity contribution in [3.63, 3.8) is 0 Å². The molecule has 0 aliphatic carbocycles. The molecule has 0 aromatic rings. The first kappa shape index (κ1) is 11.1. The molecule has 0 unspecified atom stereocenters. The highest BCUT2D eigenvalue weighted by atomic mass is 16.5. The van der Waals surface area contributed by atoms with Crippen LogP contribution in [0.25, 0.3) is 0 Å². The Balaban J connectivity index is 3.61. The maximum absolute atomic E-state index is 10.9. The Kier molecular flexibility index (Phi) is 5.28. The van der Waals surface area contributed by atoms with Crippen molar-refractivity contribution < 1.29 is 19.1 Å². The maximum Gasteiger partial charge on any atom is 0.308 e. The zero-order valence-electron chi connectivity index (χ0n) is 7.62. The van der Waals surface area contributed by atoms with Gasteiger partial charge in [-0.25, -0.2) is 0 Å². The van der Waals surface area contributed by atoms with Crippen LogP contribution in [0.15, 0.2) is 0 Å². The topological polar surface area (TPSA) is 52.6 Å². The maximum atomic E-state index is 10.9. The Bertz CT molecular complexity index is 164. The van der Waals surface area contributed by atoms with E-state index >= 15 is 0 Å². The van der Waals surface area contributed by atoms with Crippen LogP contribution in [0.5, 0.6) is 0 Å². The van der Waals surface area contributed by atoms with Gasteiger partial charge >= 0.3 is 5.97 Å². The van der Waals surface area contributed by atoms with E-state index in [0.717, 1.165) is 0 Å². The van der Waals surface area contributed by atoms with Gasteiger partial charge in [-0.3, -0.25) is 9.59 Å². The van der Waals surface area contributed by atoms with Gasteiger partial charge in [-0.15, -0.1) is 0 Å². The highest BCUT2D eigenvalue weighted by Crippen LogP contribution is 1.95. The van der Waals surface area contributed by atoms with Gasteiger partial charge in [0.05, 0.1) is 13.0 Å². The van der Waals surface area contributed by atoms with Gasteiger partial charge in [-0.05, 0) is 13.8 Å². The SMILES string of the molecule is COCCC(=O)O[C@H](C)C(C)=O. The molecule has 4 nitrogen and oxygen atoms in total. The Morgan fingerprint density at radius 3 is 2.42 bits per heavy atom. The van der Waals surface area contributed by atoms with E-state index in [1.54, 1.807) is 6.92 Å². The molecule has 0 aromatic heterocycles. The summed E-state index contributed by atoms with van der Waals surface area (Å²) >= 11 is 0. The molecule has 0 amide bonds. The van der Waals surface area contributed by atoms with Crippen LogP contribution >= 0.6 is 0 Å². The van der Waals surface area contributed by atoms with Crippen molar-refractivity contribution in [2.24, 2.45) is 0 Å². The third kappa shape index (κ3) is 4.85. The molecule has 0 aromatic carbocycles. The molecule has 0 saturated carbocycles. The summed E-state index contributed by atoms with van der Waals surface area (Å²) in [5.74, 6) is -0.555. The third-order valence-electron chi connectivity index (χ3n) is 1.39. The molecule has 0 aliphatic heterocycles. The first-order valence-electron chi connectivity index (χ1n) is 3.76. The van der Waals surface area contributed by atoms with Gasteiger partial charge in [0, 0.05) is 7.11 Å². The minimum atomic E-state index is -0.644. The number of carbonyl (C=O) groups is 2. The lowest BCUT2D eigenvalue weighted by molar-refractivity contribution is -0.154. The molecular formula is C8H14O4. The molecule has 0 radical (unpaired) electrons. The number of carbonyl (C=O) groups excluding carboxylic acids is 2. The normalized spacial score (nSPS) is 12.2. The largest absolute Gasteiger partial charge is 0.455 e. The lowest BCUT2D eigenvalue weighted by atomic mass is 10.3. The highest BCUT2D eigenvalue weighted by molar-refractivity contribution is 5.83. The minimum absolute atomic E-state index is 0.152. The Morgan fingerprint density at radius 1 is 1.42 bits per heavy atom. The molecule has 1 atom stereocenters. The second kappa shape index (κ2) is 5.71. The van der Waals surface area contributed by atoms with Gasteiger partial charge < -0.3 is 9.47 Å². The van der Waals surface area contributed by atoms with E-state index in [9.17, 15) is 9.59 Å². The van der Waals surface area contributed by atoms with E-state index in [2.05, 4.69) is 4.74 Å². The van der Waals surface area contributed by atoms with Crippen molar-refractivity contribution >= 4 is 11.8 Å². The molecule has 0 aliphatic rings. The fourth-order valence-electron chi connectivity index (χ4n) is 0.524. The zero-order valence-corrected chi connectivity index (χ0v) is 7.62. The average Bonchev–Trinajstić information content (AvgIpc) is 2.00. The first-order chi connectivity index (χ1) is 5.57. The average molecular weight is 174 g/mol. The molecular weight excluding hydrogens is 160 g/mol. The molecule has 0 spiro atoms. The Labute approximate surface area is 71.8 Å².